The minimum Gasteiger partial charge on any atom is -0.508 e. The number of aromatic hydroxyl groups is 3. The van der Waals surface area contributed by atoms with E-state index < -0.39 is 237 Å². The van der Waals surface area contributed by atoms with E-state index in [1.165, 1.54) is 19.2 Å². The largest absolute Gasteiger partial charge is 0.508 e. The van der Waals surface area contributed by atoms with Gasteiger partial charge < -0.3 is 127 Å². The van der Waals surface area contributed by atoms with Gasteiger partial charge in [0.2, 0.25) is 53.4 Å². The van der Waals surface area contributed by atoms with Gasteiger partial charge in [-0.25, -0.2) is 4.79 Å². The summed E-state index contributed by atoms with van der Waals surface area (Å²) in [5.41, 5.74) is 12.7. The Balaban J connectivity index is 1.03. The van der Waals surface area contributed by atoms with Gasteiger partial charge in [-0.3, -0.25) is 33.6 Å². The number of halogens is 4. The van der Waals surface area contributed by atoms with Crippen molar-refractivity contribution in [3.8, 4) is 62.9 Å². The van der Waals surface area contributed by atoms with E-state index in [-0.39, 0.29) is 59.4 Å². The lowest BCUT2D eigenvalue weighted by atomic mass is 9.84. The molecule has 7 aliphatic heterocycles. The number of carboxylic acids is 1. The van der Waals surface area contributed by atoms with Crippen LogP contribution in [-0.4, -0.2) is 186 Å². The Morgan fingerprint density at radius 2 is 1.32 bits per heavy atom. The monoisotopic (exact) mass is 1740 g/mol. The number of primary amides is 1. The zero-order chi connectivity index (χ0) is 86.6. The third-order valence-electron chi connectivity index (χ3n) is 20.9. The van der Waals surface area contributed by atoms with Gasteiger partial charge in [-0.1, -0.05) is 102 Å². The molecule has 0 spiro atoms. The van der Waals surface area contributed by atoms with Crippen molar-refractivity contribution < 1.29 is 117 Å². The highest BCUT2D eigenvalue weighted by molar-refractivity contribution is 6.42. The fourth-order valence-corrected chi connectivity index (χ4v) is 15.3. The molecule has 36 nitrogen and oxygen atoms in total. The van der Waals surface area contributed by atoms with Crippen LogP contribution in [0.15, 0.2) is 126 Å². The minimum absolute atomic E-state index is 0.117. The predicted octanol–water partition coefficient (Wildman–Crippen LogP) is 6.14. The number of likely N-dealkylation sites (N-methyl/N-ethyl adjacent to an activating group) is 1. The number of aliphatic hydroxyl groups excluding tert-OH is 5. The number of hydrogen-bond acceptors (Lipinski definition) is 26. The average molecular weight is 1740 g/mol. The van der Waals surface area contributed by atoms with Crippen molar-refractivity contribution in [1.29, 1.82) is 0 Å². The smallest absolute Gasteiger partial charge is 0.330 e. The van der Waals surface area contributed by atoms with Gasteiger partial charge >= 0.3 is 5.97 Å². The number of amides is 7. The highest BCUT2D eigenvalue weighted by Crippen LogP contribution is 2.50. The number of phenolic OH excluding ortho intramolecular Hbond substituents is 3. The summed E-state index contributed by atoms with van der Waals surface area (Å²) < 4.78 is 45.7. The first-order valence-electron chi connectivity index (χ1n) is 37.5. The second-order valence-corrected chi connectivity index (χ2v) is 31.5. The Hall–Kier alpha value is -11.0. The van der Waals surface area contributed by atoms with Crippen molar-refractivity contribution in [2.45, 2.75) is 169 Å². The molecule has 7 aromatic carbocycles. The maximum atomic E-state index is 16.3. The van der Waals surface area contributed by atoms with Gasteiger partial charge in [0.15, 0.2) is 29.9 Å². The van der Waals surface area contributed by atoms with Crippen molar-refractivity contribution in [2.24, 2.45) is 16.8 Å². The number of nitrogens with one attached hydrogen (secondary N) is 8. The first-order valence-corrected chi connectivity index (χ1v) is 39.0. The van der Waals surface area contributed by atoms with Crippen LogP contribution in [0.2, 0.25) is 20.1 Å². The van der Waals surface area contributed by atoms with Crippen molar-refractivity contribution in [1.82, 2.24) is 42.5 Å². The van der Waals surface area contributed by atoms with Crippen LogP contribution in [0.1, 0.15) is 116 Å². The number of phenols is 3. The van der Waals surface area contributed by atoms with Crippen LogP contribution in [0.4, 0.5) is 0 Å². The zero-order valence-corrected chi connectivity index (χ0v) is 67.3. The van der Waals surface area contributed by atoms with Crippen LogP contribution in [0.3, 0.4) is 0 Å². The summed E-state index contributed by atoms with van der Waals surface area (Å²) in [5, 5.41) is 131. The molecule has 0 aliphatic carbocycles. The van der Waals surface area contributed by atoms with Gasteiger partial charge in [0.1, 0.15) is 95.7 Å². The molecular weight excluding hydrogens is 1650 g/mol. The van der Waals surface area contributed by atoms with Crippen molar-refractivity contribution in [2.75, 3.05) is 13.6 Å². The quantitative estimate of drug-likeness (QED) is 0.0231. The topological polar surface area (TPSA) is 554 Å². The van der Waals surface area contributed by atoms with E-state index in [1.807, 2.05) is 13.8 Å². The Morgan fingerprint density at radius 1 is 0.683 bits per heavy atom. The average Bonchev–Trinajstić information content (AvgIpc) is 0.767. The number of nitrogens with two attached hydrogens (primary N) is 1. The van der Waals surface area contributed by atoms with Crippen LogP contribution in [0.5, 0.6) is 51.7 Å². The third-order valence-corrected chi connectivity index (χ3v) is 22.2. The highest BCUT2D eigenvalue weighted by Gasteiger charge is 2.52. The summed E-state index contributed by atoms with van der Waals surface area (Å²) >= 11 is 26.7. The molecule has 18 atom stereocenters. The number of azide groups is 1. The fraction of sp³-hybridized carbons (Fsp3) is 0.375. The normalized spacial score (nSPS) is 26.5. The van der Waals surface area contributed by atoms with Gasteiger partial charge in [0, 0.05) is 46.2 Å². The number of fused-ring (bicyclic) bond motifs is 15. The van der Waals surface area contributed by atoms with Crippen LogP contribution in [0.25, 0.3) is 21.6 Å². The van der Waals surface area contributed by atoms with Crippen molar-refractivity contribution in [3.63, 3.8) is 0 Å². The number of ether oxygens (including phenoxy) is 7. The second kappa shape index (κ2) is 37.3. The number of aliphatic hydroxyl groups is 5. The maximum absolute atomic E-state index is 16.3. The lowest BCUT2D eigenvalue weighted by Gasteiger charge is -2.48. The van der Waals surface area contributed by atoms with E-state index in [2.05, 4.69) is 52.6 Å². The van der Waals surface area contributed by atoms with E-state index in [1.54, 1.807) is 56.3 Å². The number of carbonyl (C=O) groups is 8. The molecule has 19 N–H and O–H groups in total. The highest BCUT2D eigenvalue weighted by atomic mass is 35.5. The van der Waals surface area contributed by atoms with Crippen LogP contribution in [0, 0.1) is 5.92 Å². The van der Waals surface area contributed by atoms with E-state index in [4.69, 9.17) is 85.3 Å². The number of benzene rings is 7. The third kappa shape index (κ3) is 19.7. The number of rotatable bonds is 20. The predicted molar refractivity (Wildman–Crippen MR) is 426 cm³/mol. The molecule has 7 heterocycles. The second-order valence-electron chi connectivity index (χ2n) is 29.9. The van der Waals surface area contributed by atoms with Crippen LogP contribution in [-0.2, 0) is 65.7 Å². The summed E-state index contributed by atoms with van der Waals surface area (Å²) in [5.74, 6) is -15.7. The van der Waals surface area contributed by atoms with Crippen LogP contribution < -0.4 is 67.2 Å². The Morgan fingerprint density at radius 3 is 1.94 bits per heavy atom. The minimum atomic E-state index is -2.39. The summed E-state index contributed by atoms with van der Waals surface area (Å²) in [6.45, 7) is 6.50. The van der Waals surface area contributed by atoms with Gasteiger partial charge in [-0.15, -0.1) is 0 Å². The number of carbonyl (C=O) groups excluding carboxylic acids is 7. The standard InChI is InChI=1S/C80H84Cl4N12O24/c1-32(2)18-48(87-5)72(106)94-63-65(101)37-10-16-52(46(83)21-37)116-54-23-39-24-55(69(54)120-79-70(68(104)67(103)56(118-79)30-89-96-86)119-58-28-80(4,71(105)33(3)115-58)88-29-34-6-12-41(13-7-34)114-31-35-8-14-44(81)45(82)19-35)117-53-17-11-38(22-47(53)84)66(102)64-77(111)93-62(78(112)113)43-25-40(97)26-51(99)59(43)42-20-36(9-15-50(42)98)60(74(108)95-64)92-75(109)61(39)91-73(107)49(27-57(85)100)90-76(63)110/h6-17,19-26,32-33,48-49,56,58,60-68,70-71,79,87-88,97-99,101-105H,18,27-31H2,1-5H3,(H2,85,100)(H,90,110)(H,91,107)(H,92,109)(H,93,111)(H,94,106)(H,95,108)(H,112,113)/t33?,48?,49-,56?,58?,60?,61?,62-,63?,64?,65?,66?,67?,68?,70?,71?,79?,80?/m0/s1. The first-order chi connectivity index (χ1) is 57.0. The van der Waals surface area contributed by atoms with E-state index in [0.717, 1.165) is 77.9 Å². The molecule has 0 saturated carbocycles. The molecule has 0 aromatic heterocycles. The van der Waals surface area contributed by atoms with Crippen LogP contribution >= 0.6 is 46.4 Å². The molecule has 2 fully saturated rings. The summed E-state index contributed by atoms with van der Waals surface area (Å²) in [4.78, 5) is 121. The van der Waals surface area contributed by atoms with E-state index in [9.17, 15) is 75.5 Å². The Kier molecular flexibility index (Phi) is 27.4. The van der Waals surface area contributed by atoms with Gasteiger partial charge in [-0.2, -0.15) is 0 Å². The molecule has 16 unspecified atom stereocenters. The number of nitrogens with zero attached hydrogens (tertiary/aromatic N) is 3. The summed E-state index contributed by atoms with van der Waals surface area (Å²) in [7, 11) is 1.47. The molecule has 2 saturated heterocycles. The molecule has 40 heteroatoms. The summed E-state index contributed by atoms with van der Waals surface area (Å²) in [6.07, 6.45) is -19.0. The van der Waals surface area contributed by atoms with Crippen molar-refractivity contribution in [3.05, 3.63) is 191 Å². The molecule has 7 amide bonds. The Labute approximate surface area is 703 Å². The SMILES string of the molecule is CNC(CC(C)C)C(=O)NC1C(=O)N[C@@H](CC(N)=O)C(=O)NC2C(=O)NC3C(=O)NC(C(=O)N[C@H](C(=O)O)c4cc(O)cc(O)c4-c4cc3ccc4O)C(O)c3ccc(c(Cl)c3)Oc3cc2cc(c3OC2OC(CN=[N+]=[N-])C(O)C(O)C2OC2CC(C)(NCc3ccc(OCc4ccc(Cl)c(Cl)c4)cc3)C(O)C(C)O2)Oc2ccc(cc2Cl)C1O. The first kappa shape index (κ1) is 88.3. The summed E-state index contributed by atoms with van der Waals surface area (Å²) in [6, 6.07) is 11.3. The maximum Gasteiger partial charge on any atom is 0.330 e. The fourth-order valence-electron chi connectivity index (χ4n) is 14.6. The number of hydrogen-bond donors (Lipinski definition) is 18. The lowest BCUT2D eigenvalue weighted by molar-refractivity contribution is -0.331. The van der Waals surface area contributed by atoms with E-state index >= 15 is 14.4 Å². The Bertz CT molecular complexity index is 5170. The molecule has 636 valence electrons. The molecule has 120 heavy (non-hydrogen) atoms. The molecule has 14 rings (SSSR count). The molecule has 7 aromatic rings. The molecule has 0 radical (unpaired) electrons. The number of carboxylic acid groups (broad SMARTS) is 1. The van der Waals surface area contributed by atoms with Gasteiger partial charge in [0.25, 0.3) is 0 Å². The molecule has 7 aliphatic rings. The number of aliphatic carboxylic acids is 1. The van der Waals surface area contributed by atoms with Gasteiger partial charge in [-0.05, 0) is 151 Å². The lowest BCUT2D eigenvalue weighted by Crippen LogP contribution is -2.65. The van der Waals surface area contributed by atoms with Gasteiger partial charge in [0.05, 0.1) is 57.4 Å². The molecule has 11 bridgehead atoms. The molecular formula is C80H84Cl4N12O24. The zero-order valence-electron chi connectivity index (χ0n) is 64.3. The van der Waals surface area contributed by atoms with Crippen molar-refractivity contribution >= 4 is 93.7 Å². The van der Waals surface area contributed by atoms with E-state index in [0.29, 0.717) is 15.8 Å².